The number of aryl methyl sites for hydroxylation is 1. The van der Waals surface area contributed by atoms with E-state index in [-0.39, 0.29) is 10.5 Å². The number of thioether (sulfide) groups is 2. The minimum absolute atomic E-state index is 0.0151. The third kappa shape index (κ3) is 4.58. The fourth-order valence-corrected chi connectivity index (χ4v) is 7.74. The summed E-state index contributed by atoms with van der Waals surface area (Å²) in [6.07, 6.45) is 3.92. The molecule has 2 N–H and O–H groups in total. The van der Waals surface area contributed by atoms with E-state index >= 15 is 0 Å². The van der Waals surface area contributed by atoms with E-state index in [9.17, 15) is 14.7 Å². The highest BCUT2D eigenvalue weighted by Crippen LogP contribution is 2.64. The molecular formula is C25H22ClN3O4S2. The summed E-state index contributed by atoms with van der Waals surface area (Å²) in [5, 5.41) is 17.3. The summed E-state index contributed by atoms with van der Waals surface area (Å²) in [6.45, 7) is 1.81. The zero-order chi connectivity index (χ0) is 24.7. The van der Waals surface area contributed by atoms with E-state index in [4.69, 9.17) is 16.3 Å². The number of rotatable bonds is 5. The van der Waals surface area contributed by atoms with E-state index < -0.39 is 23.6 Å². The average molecular weight is 528 g/mol. The molecule has 3 heterocycles. The van der Waals surface area contributed by atoms with E-state index in [1.807, 2.05) is 43.3 Å². The highest BCUT2D eigenvalue weighted by molar-refractivity contribution is 8.09. The number of fused-ring (bicyclic) bond motifs is 1. The average Bonchev–Trinajstić information content (AvgIpc) is 3.32. The van der Waals surface area contributed by atoms with Gasteiger partial charge in [0.05, 0.1) is 27.3 Å². The van der Waals surface area contributed by atoms with Gasteiger partial charge >= 0.3 is 12.1 Å². The van der Waals surface area contributed by atoms with Crippen LogP contribution in [0.25, 0.3) is 0 Å². The van der Waals surface area contributed by atoms with E-state index in [0.717, 1.165) is 15.4 Å². The minimum Gasteiger partial charge on any atom is -0.481 e. The van der Waals surface area contributed by atoms with Crippen molar-refractivity contribution in [1.82, 2.24) is 9.78 Å². The third-order valence-electron chi connectivity index (χ3n) is 6.22. The SMILES string of the molecule is CC(OC(=O)Nc1c(C#CC2=CC3SC(C4(C(=O)O)CC4)=C(Cl)C3S2)cnn1C)c1ccccc1. The van der Waals surface area contributed by atoms with Gasteiger partial charge in [-0.2, -0.15) is 5.10 Å². The van der Waals surface area contributed by atoms with Crippen LogP contribution >= 0.6 is 35.1 Å². The number of nitrogens with zero attached hydrogens (tertiary/aromatic N) is 2. The van der Waals surface area contributed by atoms with Crippen LogP contribution in [0.2, 0.25) is 0 Å². The van der Waals surface area contributed by atoms with Gasteiger partial charge in [-0.15, -0.1) is 23.5 Å². The number of allylic oxidation sites excluding steroid dienone is 1. The molecule has 0 saturated heterocycles. The first kappa shape index (κ1) is 23.9. The van der Waals surface area contributed by atoms with Crippen LogP contribution in [0, 0.1) is 17.3 Å². The fraction of sp³-hybridized carbons (Fsp3) is 0.320. The maximum Gasteiger partial charge on any atom is 0.413 e. The van der Waals surface area contributed by atoms with E-state index in [1.165, 1.54) is 4.68 Å². The van der Waals surface area contributed by atoms with Crippen LogP contribution in [0.15, 0.2) is 57.4 Å². The molecule has 7 nitrogen and oxygen atoms in total. The summed E-state index contributed by atoms with van der Waals surface area (Å²) in [6, 6.07) is 9.49. The minimum atomic E-state index is -0.791. The normalized spacial score (nSPS) is 22.5. The molecule has 1 aromatic heterocycles. The first-order chi connectivity index (χ1) is 16.8. The number of hydrogen-bond acceptors (Lipinski definition) is 6. The Balaban J connectivity index is 1.25. The first-order valence-corrected chi connectivity index (χ1v) is 13.2. The van der Waals surface area contributed by atoms with Crippen LogP contribution in [-0.2, 0) is 16.6 Å². The van der Waals surface area contributed by atoms with Gasteiger partial charge in [-0.25, -0.2) is 4.79 Å². The molecule has 3 unspecified atom stereocenters. The maximum atomic E-state index is 12.5. The van der Waals surface area contributed by atoms with Crippen molar-refractivity contribution >= 4 is 53.0 Å². The number of anilines is 1. The molecule has 0 spiro atoms. The fourth-order valence-electron chi connectivity index (χ4n) is 4.05. The monoisotopic (exact) mass is 527 g/mol. The number of carbonyl (C=O) groups excluding carboxylic acids is 1. The van der Waals surface area contributed by atoms with Crippen LogP contribution < -0.4 is 5.32 Å². The summed E-state index contributed by atoms with van der Waals surface area (Å²) in [5.74, 6) is 5.89. The molecule has 2 aromatic rings. The predicted octanol–water partition coefficient (Wildman–Crippen LogP) is 5.51. The molecule has 3 atom stereocenters. The van der Waals surface area contributed by atoms with Crippen LogP contribution in [0.1, 0.15) is 37.0 Å². The molecule has 1 aliphatic carbocycles. The summed E-state index contributed by atoms with van der Waals surface area (Å²) >= 11 is 9.71. The third-order valence-corrected chi connectivity index (χ3v) is 9.85. The lowest BCUT2D eigenvalue weighted by atomic mass is 10.1. The summed E-state index contributed by atoms with van der Waals surface area (Å²) in [4.78, 5) is 25.9. The number of nitrogens with one attached hydrogen (secondary N) is 1. The molecule has 0 radical (unpaired) electrons. The molecule has 5 rings (SSSR count). The number of aliphatic carboxylic acids is 1. The predicted molar refractivity (Wildman–Crippen MR) is 138 cm³/mol. The van der Waals surface area contributed by atoms with Crippen molar-refractivity contribution in [1.29, 1.82) is 0 Å². The highest BCUT2D eigenvalue weighted by atomic mass is 35.5. The Kier molecular flexibility index (Phi) is 6.38. The number of benzene rings is 1. The van der Waals surface area contributed by atoms with Gasteiger partial charge in [0.2, 0.25) is 0 Å². The molecule has 1 aromatic carbocycles. The molecule has 10 heteroatoms. The van der Waals surface area contributed by atoms with Gasteiger partial charge in [0, 0.05) is 22.2 Å². The molecule has 1 fully saturated rings. The molecule has 35 heavy (non-hydrogen) atoms. The number of aromatic nitrogens is 2. The molecule has 2 aliphatic heterocycles. The quantitative estimate of drug-likeness (QED) is 0.495. The Morgan fingerprint density at radius 2 is 2.03 bits per heavy atom. The second kappa shape index (κ2) is 9.34. The summed E-state index contributed by atoms with van der Waals surface area (Å²) in [7, 11) is 1.72. The van der Waals surface area contributed by atoms with Crippen molar-refractivity contribution in [2.45, 2.75) is 36.4 Å². The van der Waals surface area contributed by atoms with Crippen molar-refractivity contribution < 1.29 is 19.4 Å². The number of carbonyl (C=O) groups is 2. The van der Waals surface area contributed by atoms with Gasteiger partial charge in [-0.05, 0) is 31.4 Å². The van der Waals surface area contributed by atoms with Gasteiger partial charge in [0.25, 0.3) is 0 Å². The molecule has 180 valence electrons. The van der Waals surface area contributed by atoms with Crippen molar-refractivity contribution in [3.8, 4) is 11.8 Å². The van der Waals surface area contributed by atoms with Gasteiger partial charge < -0.3 is 9.84 Å². The zero-order valence-corrected chi connectivity index (χ0v) is 21.3. The van der Waals surface area contributed by atoms with Crippen LogP contribution in [0.5, 0.6) is 0 Å². The maximum absolute atomic E-state index is 12.5. The van der Waals surface area contributed by atoms with E-state index in [2.05, 4.69) is 22.3 Å². The summed E-state index contributed by atoms with van der Waals surface area (Å²) < 4.78 is 7.03. The summed E-state index contributed by atoms with van der Waals surface area (Å²) in [5.41, 5.74) is 0.677. The number of halogens is 1. The van der Waals surface area contributed by atoms with Gasteiger partial charge in [-0.3, -0.25) is 14.8 Å². The van der Waals surface area contributed by atoms with E-state index in [1.54, 1.807) is 36.8 Å². The van der Waals surface area contributed by atoms with Gasteiger partial charge in [-0.1, -0.05) is 53.8 Å². The Morgan fingerprint density at radius 1 is 1.29 bits per heavy atom. The molecule has 1 saturated carbocycles. The number of carboxylic acid groups (broad SMARTS) is 1. The van der Waals surface area contributed by atoms with Crippen LogP contribution in [0.3, 0.4) is 0 Å². The highest BCUT2D eigenvalue weighted by Gasteiger charge is 2.58. The number of amides is 1. The first-order valence-electron chi connectivity index (χ1n) is 11.0. The van der Waals surface area contributed by atoms with Crippen LogP contribution in [0.4, 0.5) is 10.6 Å². The Labute approximate surface area is 216 Å². The lowest BCUT2D eigenvalue weighted by Gasteiger charge is -2.14. The van der Waals surface area contributed by atoms with Crippen molar-refractivity contribution in [3.05, 3.63) is 68.6 Å². The lowest BCUT2D eigenvalue weighted by Crippen LogP contribution is -2.18. The smallest absolute Gasteiger partial charge is 0.413 e. The largest absolute Gasteiger partial charge is 0.481 e. The second-order valence-corrected chi connectivity index (χ2v) is 11.4. The van der Waals surface area contributed by atoms with Gasteiger partial charge in [0.15, 0.2) is 0 Å². The van der Waals surface area contributed by atoms with Gasteiger partial charge in [0.1, 0.15) is 11.9 Å². The zero-order valence-electron chi connectivity index (χ0n) is 18.9. The van der Waals surface area contributed by atoms with Crippen molar-refractivity contribution in [3.63, 3.8) is 0 Å². The van der Waals surface area contributed by atoms with Crippen LogP contribution in [-0.4, -0.2) is 37.4 Å². The van der Waals surface area contributed by atoms with E-state index in [0.29, 0.717) is 29.3 Å². The second-order valence-electron chi connectivity index (χ2n) is 8.58. The number of ether oxygens (including phenoxy) is 1. The molecule has 3 aliphatic rings. The lowest BCUT2D eigenvalue weighted by molar-refractivity contribution is -0.141. The van der Waals surface area contributed by atoms with Crippen molar-refractivity contribution in [2.75, 3.05) is 5.32 Å². The number of carboxylic acids is 1. The Morgan fingerprint density at radius 3 is 2.69 bits per heavy atom. The molecule has 1 amide bonds. The Bertz CT molecular complexity index is 1320. The Hall–Kier alpha value is -2.80. The number of hydrogen-bond donors (Lipinski definition) is 2. The molecular weight excluding hydrogens is 506 g/mol. The van der Waals surface area contributed by atoms with Crippen molar-refractivity contribution in [2.24, 2.45) is 12.5 Å². The molecule has 0 bridgehead atoms. The topological polar surface area (TPSA) is 93.4 Å². The standard InChI is InChI=1S/C25H22ClN3O4S2/c1-14(15-6-4-3-5-7-15)33-24(32)28-22-16(13-27-29(22)2)8-9-17-12-18-20(34-17)19(26)21(35-18)25(10-11-25)23(30)31/h3-7,12-14,18,20H,10-11H2,1-2H3,(H,28,32)(H,30,31).